The molecule has 0 amide bonds. The lowest BCUT2D eigenvalue weighted by Crippen LogP contribution is -2.24. The van der Waals surface area contributed by atoms with Crippen LogP contribution in [-0.4, -0.2) is 16.2 Å². The molecule has 6 heteroatoms. The van der Waals surface area contributed by atoms with Crippen LogP contribution < -0.4 is 10.3 Å². The van der Waals surface area contributed by atoms with Gasteiger partial charge in [-0.3, -0.25) is 9.36 Å². The first-order valence-corrected chi connectivity index (χ1v) is 9.16. The summed E-state index contributed by atoms with van der Waals surface area (Å²) >= 11 is 7.45. The molecule has 0 atom stereocenters. The van der Waals surface area contributed by atoms with Gasteiger partial charge in [-0.25, -0.2) is 4.98 Å². The predicted molar refractivity (Wildman–Crippen MR) is 99.6 cm³/mol. The van der Waals surface area contributed by atoms with Gasteiger partial charge in [0.25, 0.3) is 5.56 Å². The van der Waals surface area contributed by atoms with Crippen molar-refractivity contribution in [2.24, 2.45) is 0 Å². The summed E-state index contributed by atoms with van der Waals surface area (Å²) in [5.41, 5.74) is 0.0416. The Balaban J connectivity index is 1.68. The Morgan fingerprint density at radius 1 is 1.29 bits per heavy atom. The minimum atomic E-state index is 0.0416. The molecule has 0 saturated carbocycles. The molecule has 0 unspecified atom stereocenters. The van der Waals surface area contributed by atoms with E-state index in [1.54, 1.807) is 28.0 Å². The zero-order valence-electron chi connectivity index (χ0n) is 13.7. The number of nitrogens with zero attached hydrogens (tertiary/aromatic N) is 2. The number of fused-ring (bicyclic) bond motifs is 1. The van der Waals surface area contributed by atoms with Gasteiger partial charge in [-0.1, -0.05) is 18.5 Å². The van der Waals surface area contributed by atoms with Gasteiger partial charge >= 0.3 is 0 Å². The molecule has 0 spiro atoms. The summed E-state index contributed by atoms with van der Waals surface area (Å²) < 4.78 is 7.41. The van der Waals surface area contributed by atoms with Crippen LogP contribution in [-0.2, 0) is 13.0 Å². The fourth-order valence-corrected chi connectivity index (χ4v) is 3.68. The van der Waals surface area contributed by atoms with Crippen molar-refractivity contribution in [3.8, 4) is 5.75 Å². The Labute approximate surface area is 149 Å². The summed E-state index contributed by atoms with van der Waals surface area (Å²) in [7, 11) is 0. The number of hydrogen-bond acceptors (Lipinski definition) is 4. The van der Waals surface area contributed by atoms with Crippen molar-refractivity contribution in [2.45, 2.75) is 33.2 Å². The van der Waals surface area contributed by atoms with Gasteiger partial charge in [-0.15, -0.1) is 11.3 Å². The number of ether oxygens (including phenoxy) is 1. The van der Waals surface area contributed by atoms with Crippen molar-refractivity contribution in [3.05, 3.63) is 56.4 Å². The highest BCUT2D eigenvalue weighted by atomic mass is 35.5. The van der Waals surface area contributed by atoms with Gasteiger partial charge < -0.3 is 4.74 Å². The topological polar surface area (TPSA) is 44.1 Å². The maximum Gasteiger partial charge on any atom is 0.262 e. The van der Waals surface area contributed by atoms with E-state index >= 15 is 0 Å². The fraction of sp³-hybridized carbons (Fsp3) is 0.333. The molecule has 0 saturated heterocycles. The lowest BCUT2D eigenvalue weighted by atomic mass is 10.3. The molecule has 24 heavy (non-hydrogen) atoms. The highest BCUT2D eigenvalue weighted by Gasteiger charge is 2.11. The number of halogens is 1. The molecule has 4 nitrogen and oxygen atoms in total. The molecule has 0 bridgehead atoms. The van der Waals surface area contributed by atoms with Gasteiger partial charge in [0.15, 0.2) is 0 Å². The molecule has 0 aliphatic rings. The van der Waals surface area contributed by atoms with Crippen molar-refractivity contribution in [2.75, 3.05) is 6.61 Å². The molecule has 0 fully saturated rings. The Kier molecular flexibility index (Phi) is 5.21. The summed E-state index contributed by atoms with van der Waals surface area (Å²) in [4.78, 5) is 19.3. The first-order valence-electron chi connectivity index (χ1n) is 7.96. The van der Waals surface area contributed by atoms with Crippen molar-refractivity contribution in [1.29, 1.82) is 0 Å². The second-order valence-electron chi connectivity index (χ2n) is 5.56. The molecular weight excluding hydrogens is 344 g/mol. The normalized spacial score (nSPS) is 11.1. The third-order valence-electron chi connectivity index (χ3n) is 3.85. The van der Waals surface area contributed by atoms with Gasteiger partial charge in [0, 0.05) is 16.4 Å². The minimum absolute atomic E-state index is 0.0416. The van der Waals surface area contributed by atoms with Gasteiger partial charge in [-0.2, -0.15) is 0 Å². The molecule has 1 aromatic carbocycles. The van der Waals surface area contributed by atoms with Crippen LogP contribution in [0, 0.1) is 6.92 Å². The van der Waals surface area contributed by atoms with Crippen LogP contribution in [0.3, 0.4) is 0 Å². The highest BCUT2D eigenvalue weighted by Crippen LogP contribution is 2.22. The van der Waals surface area contributed by atoms with Crippen molar-refractivity contribution in [3.63, 3.8) is 0 Å². The zero-order valence-corrected chi connectivity index (χ0v) is 15.3. The first-order chi connectivity index (χ1) is 11.6. The summed E-state index contributed by atoms with van der Waals surface area (Å²) in [6, 6.07) is 9.24. The van der Waals surface area contributed by atoms with Crippen LogP contribution in [0.1, 0.15) is 24.0 Å². The lowest BCUT2D eigenvalue weighted by Gasteiger charge is -2.10. The summed E-state index contributed by atoms with van der Waals surface area (Å²) in [6.45, 7) is 5.10. The molecule has 0 N–H and O–H groups in total. The van der Waals surface area contributed by atoms with Crippen LogP contribution in [0.25, 0.3) is 10.2 Å². The first kappa shape index (κ1) is 17.0. The average Bonchev–Trinajstić information content (AvgIpc) is 2.99. The fourth-order valence-electron chi connectivity index (χ4n) is 2.55. The van der Waals surface area contributed by atoms with Crippen LogP contribution in [0.2, 0.25) is 5.02 Å². The molecule has 3 rings (SSSR count). The Morgan fingerprint density at radius 2 is 2.04 bits per heavy atom. The van der Waals surface area contributed by atoms with Crippen LogP contribution in [0.5, 0.6) is 5.75 Å². The number of aromatic nitrogens is 2. The second kappa shape index (κ2) is 7.36. The van der Waals surface area contributed by atoms with Crippen LogP contribution in [0.15, 0.2) is 35.1 Å². The number of aryl methyl sites for hydroxylation is 2. The standard InChI is InChI=1S/C18H19ClN2O2S/c1-3-15-11-16-17(24-15)20-12(2)21(18(16)22)9-4-10-23-14-7-5-13(19)6-8-14/h5-8,11H,3-4,9-10H2,1-2H3. The summed E-state index contributed by atoms with van der Waals surface area (Å²) in [5.74, 6) is 1.53. The third-order valence-corrected chi connectivity index (χ3v) is 5.28. The molecule has 126 valence electrons. The maximum absolute atomic E-state index is 12.7. The number of benzene rings is 1. The summed E-state index contributed by atoms with van der Waals surface area (Å²) in [5, 5.41) is 1.41. The van der Waals surface area contributed by atoms with Gasteiger partial charge in [0.05, 0.1) is 12.0 Å². The van der Waals surface area contributed by atoms with Crippen molar-refractivity contribution < 1.29 is 4.74 Å². The van der Waals surface area contributed by atoms with E-state index in [2.05, 4.69) is 11.9 Å². The molecule has 3 aromatic rings. The highest BCUT2D eigenvalue weighted by molar-refractivity contribution is 7.18. The monoisotopic (exact) mass is 362 g/mol. The van der Waals surface area contributed by atoms with E-state index < -0.39 is 0 Å². The number of hydrogen-bond donors (Lipinski definition) is 0. The SMILES string of the molecule is CCc1cc2c(=O)n(CCCOc3ccc(Cl)cc3)c(C)nc2s1. The minimum Gasteiger partial charge on any atom is -0.494 e. The van der Waals surface area contributed by atoms with E-state index in [9.17, 15) is 4.79 Å². The predicted octanol–water partition coefficient (Wildman–Crippen LogP) is 4.45. The zero-order chi connectivity index (χ0) is 17.1. The van der Waals surface area contributed by atoms with Crippen molar-refractivity contribution in [1.82, 2.24) is 9.55 Å². The molecule has 0 radical (unpaired) electrons. The quantitative estimate of drug-likeness (QED) is 0.608. The molecule has 2 heterocycles. The van der Waals surface area contributed by atoms with E-state index in [0.717, 1.165) is 34.6 Å². The number of thiophene rings is 1. The Bertz CT molecular complexity index is 900. The van der Waals surface area contributed by atoms with Crippen LogP contribution in [0.4, 0.5) is 0 Å². The molecule has 0 aliphatic heterocycles. The largest absolute Gasteiger partial charge is 0.494 e. The van der Waals surface area contributed by atoms with Crippen molar-refractivity contribution >= 4 is 33.2 Å². The van der Waals surface area contributed by atoms with Crippen LogP contribution >= 0.6 is 22.9 Å². The van der Waals surface area contributed by atoms with Gasteiger partial charge in [0.2, 0.25) is 0 Å². The smallest absolute Gasteiger partial charge is 0.262 e. The van der Waals surface area contributed by atoms with E-state index in [4.69, 9.17) is 16.3 Å². The molecule has 0 aliphatic carbocycles. The Hall–Kier alpha value is -1.85. The Morgan fingerprint density at radius 3 is 2.75 bits per heavy atom. The van der Waals surface area contributed by atoms with Gasteiger partial charge in [0.1, 0.15) is 16.4 Å². The molecule has 2 aromatic heterocycles. The molecular formula is C18H19ClN2O2S. The summed E-state index contributed by atoms with van der Waals surface area (Å²) in [6.07, 6.45) is 1.66. The maximum atomic E-state index is 12.7. The lowest BCUT2D eigenvalue weighted by molar-refractivity contribution is 0.300. The number of rotatable bonds is 6. The van der Waals surface area contributed by atoms with Gasteiger partial charge in [-0.05, 0) is 50.1 Å². The average molecular weight is 363 g/mol. The third kappa shape index (κ3) is 3.62. The second-order valence-corrected chi connectivity index (χ2v) is 7.11. The van der Waals surface area contributed by atoms with E-state index in [1.165, 1.54) is 4.88 Å². The van der Waals surface area contributed by atoms with E-state index in [0.29, 0.717) is 18.2 Å². The van der Waals surface area contributed by atoms with E-state index in [1.807, 2.05) is 25.1 Å². The van der Waals surface area contributed by atoms with E-state index in [-0.39, 0.29) is 5.56 Å².